The zero-order valence-electron chi connectivity index (χ0n) is 21.2. The molecule has 0 aliphatic rings. The zero-order valence-corrected chi connectivity index (χ0v) is 21.2. The van der Waals surface area contributed by atoms with Crippen molar-refractivity contribution in [3.8, 4) is 23.0 Å². The van der Waals surface area contributed by atoms with Crippen molar-refractivity contribution in [2.24, 2.45) is 12.2 Å². The van der Waals surface area contributed by atoms with E-state index in [0.717, 1.165) is 29.0 Å². The third-order valence-electron chi connectivity index (χ3n) is 5.77. The van der Waals surface area contributed by atoms with Gasteiger partial charge in [0.2, 0.25) is 11.7 Å². The van der Waals surface area contributed by atoms with Gasteiger partial charge in [0, 0.05) is 18.2 Å². The van der Waals surface area contributed by atoms with Crippen molar-refractivity contribution in [3.05, 3.63) is 102 Å². The molecule has 38 heavy (non-hydrogen) atoms. The van der Waals surface area contributed by atoms with E-state index in [9.17, 15) is 0 Å². The van der Waals surface area contributed by atoms with Gasteiger partial charge in [-0.25, -0.2) is 4.68 Å². The summed E-state index contributed by atoms with van der Waals surface area (Å²) < 4.78 is 13.3. The van der Waals surface area contributed by atoms with Crippen LogP contribution >= 0.6 is 0 Å². The average Bonchev–Trinajstić information content (AvgIpc) is 3.61. The van der Waals surface area contributed by atoms with Crippen LogP contribution in [0.15, 0.2) is 88.4 Å². The van der Waals surface area contributed by atoms with Gasteiger partial charge in [-0.1, -0.05) is 61.0 Å². The Hall–Kier alpha value is -4.86. The second-order valence-electron chi connectivity index (χ2n) is 8.58. The molecule has 0 bridgehead atoms. The summed E-state index contributed by atoms with van der Waals surface area (Å²) in [4.78, 5) is 5.54. The highest BCUT2D eigenvalue weighted by Crippen LogP contribution is 2.26. The fourth-order valence-corrected chi connectivity index (χ4v) is 3.74. The van der Waals surface area contributed by atoms with Crippen LogP contribution in [0.1, 0.15) is 42.6 Å². The lowest BCUT2D eigenvalue weighted by molar-refractivity contribution is 0.111. The fraction of sp³-hybridized carbons (Fsp3) is 0.214. The highest BCUT2D eigenvalue weighted by molar-refractivity contribution is 6.10. The summed E-state index contributed by atoms with van der Waals surface area (Å²) in [5.41, 5.74) is 3.39. The van der Waals surface area contributed by atoms with Crippen LogP contribution in [0.2, 0.25) is 0 Å². The highest BCUT2D eigenvalue weighted by atomic mass is 16.6. The van der Waals surface area contributed by atoms with E-state index < -0.39 is 0 Å². The predicted octanol–water partition coefficient (Wildman–Crippen LogP) is 5.36. The second-order valence-corrected chi connectivity index (χ2v) is 8.58. The molecule has 0 atom stereocenters. The molecule has 0 saturated heterocycles. The molecule has 0 N–H and O–H groups in total. The first-order valence-corrected chi connectivity index (χ1v) is 12.4. The van der Waals surface area contributed by atoms with E-state index in [4.69, 9.17) is 14.0 Å². The number of tetrazole rings is 1. The zero-order chi connectivity index (χ0) is 26.2. The van der Waals surface area contributed by atoms with Gasteiger partial charge in [-0.2, -0.15) is 0 Å². The molecule has 0 aliphatic heterocycles. The number of ether oxygens (including phenoxy) is 1. The van der Waals surface area contributed by atoms with Gasteiger partial charge in [0.05, 0.1) is 0 Å². The lowest BCUT2D eigenvalue weighted by Crippen LogP contribution is -2.12. The molecule has 5 rings (SSSR count). The number of nitrogens with zero attached hydrogens (tertiary/aromatic N) is 7. The molecular weight excluding hydrogens is 482 g/mol. The Morgan fingerprint density at radius 1 is 0.895 bits per heavy atom. The van der Waals surface area contributed by atoms with E-state index in [0.29, 0.717) is 17.4 Å². The van der Waals surface area contributed by atoms with Crippen LogP contribution in [-0.4, -0.2) is 36.1 Å². The van der Waals surface area contributed by atoms with Gasteiger partial charge < -0.3 is 14.0 Å². The summed E-state index contributed by atoms with van der Waals surface area (Å²) in [6.07, 6.45) is 3.46. The molecule has 0 spiro atoms. The number of hydrogen-bond acceptors (Lipinski definition) is 9. The van der Waals surface area contributed by atoms with Gasteiger partial charge in [-0.15, -0.1) is 15.3 Å². The number of hydrogen-bond donors (Lipinski definition) is 0. The van der Waals surface area contributed by atoms with Crippen molar-refractivity contribution in [3.63, 3.8) is 0 Å². The van der Waals surface area contributed by atoms with Gasteiger partial charge in [0.1, 0.15) is 11.5 Å². The van der Waals surface area contributed by atoms with Crippen molar-refractivity contribution in [2.45, 2.75) is 32.8 Å². The molecule has 3 aromatic carbocycles. The van der Waals surface area contributed by atoms with E-state index in [1.807, 2.05) is 66.7 Å². The third-order valence-corrected chi connectivity index (χ3v) is 5.77. The van der Waals surface area contributed by atoms with E-state index in [1.54, 1.807) is 7.05 Å². The van der Waals surface area contributed by atoms with Crippen LogP contribution in [0.5, 0.6) is 11.5 Å². The molecular formula is C28H27N7O3. The molecule has 5 aromatic rings. The maximum Gasteiger partial charge on any atom is 0.257 e. The Labute approximate surface area is 219 Å². The van der Waals surface area contributed by atoms with Crippen molar-refractivity contribution in [1.82, 2.24) is 30.4 Å². The minimum atomic E-state index is -0.00986. The van der Waals surface area contributed by atoms with Gasteiger partial charge in [0.25, 0.3) is 5.89 Å². The second kappa shape index (κ2) is 11.9. The molecule has 0 radical (unpaired) electrons. The Balaban J connectivity index is 1.21. The molecule has 2 aromatic heterocycles. The molecule has 0 amide bonds. The van der Waals surface area contributed by atoms with Crippen LogP contribution in [0.4, 0.5) is 0 Å². The summed E-state index contributed by atoms with van der Waals surface area (Å²) in [5, 5.41) is 24.1. The topological polar surface area (TPSA) is 113 Å². The third kappa shape index (κ3) is 6.09. The summed E-state index contributed by atoms with van der Waals surface area (Å²) in [6.45, 7) is 2.19. The maximum absolute atomic E-state index is 5.97. The summed E-state index contributed by atoms with van der Waals surface area (Å²) >= 11 is 0. The fourth-order valence-electron chi connectivity index (χ4n) is 3.74. The van der Waals surface area contributed by atoms with Crippen LogP contribution in [0.3, 0.4) is 0 Å². The predicted molar refractivity (Wildman–Crippen MR) is 141 cm³/mol. The summed E-state index contributed by atoms with van der Waals surface area (Å²) in [7, 11) is 1.73. The lowest BCUT2D eigenvalue weighted by atomic mass is 10.1. The van der Waals surface area contributed by atoms with Crippen molar-refractivity contribution < 1.29 is 14.0 Å². The van der Waals surface area contributed by atoms with E-state index >= 15 is 0 Å². The SMILES string of the molecule is CCCCc1ccc(Oc2ccc(-c3nnc(CO/N=C(/c4ccccc4)c4nnnn4C)o3)cc2)cc1. The van der Waals surface area contributed by atoms with Crippen LogP contribution in [-0.2, 0) is 24.9 Å². The Morgan fingerprint density at radius 2 is 1.63 bits per heavy atom. The van der Waals surface area contributed by atoms with Gasteiger partial charge in [0.15, 0.2) is 12.3 Å². The minimum Gasteiger partial charge on any atom is -0.457 e. The molecule has 2 heterocycles. The number of unbranched alkanes of at least 4 members (excludes halogenated alkanes) is 1. The molecule has 192 valence electrons. The molecule has 0 aliphatic carbocycles. The molecule has 0 saturated carbocycles. The number of oxime groups is 1. The summed E-state index contributed by atoms with van der Waals surface area (Å²) in [6, 6.07) is 25.2. The van der Waals surface area contributed by atoms with Gasteiger partial charge >= 0.3 is 0 Å². The molecule has 10 nitrogen and oxygen atoms in total. The smallest absolute Gasteiger partial charge is 0.257 e. The lowest BCUT2D eigenvalue weighted by Gasteiger charge is -2.07. The first-order chi connectivity index (χ1) is 18.7. The number of aromatic nitrogens is 6. The van der Waals surface area contributed by atoms with Crippen LogP contribution < -0.4 is 4.74 Å². The number of benzene rings is 3. The number of aryl methyl sites for hydroxylation is 2. The first kappa shape index (κ1) is 24.8. The van der Waals surface area contributed by atoms with E-state index in [2.05, 4.69) is 49.9 Å². The molecule has 10 heteroatoms. The Morgan fingerprint density at radius 3 is 2.32 bits per heavy atom. The van der Waals surface area contributed by atoms with Crippen molar-refractivity contribution >= 4 is 5.71 Å². The minimum absolute atomic E-state index is 0.00986. The Kier molecular flexibility index (Phi) is 7.78. The van der Waals surface area contributed by atoms with Crippen molar-refractivity contribution in [1.29, 1.82) is 0 Å². The van der Waals surface area contributed by atoms with Crippen LogP contribution in [0.25, 0.3) is 11.5 Å². The first-order valence-electron chi connectivity index (χ1n) is 12.4. The standard InChI is InChI=1S/C28H27N7O3/c1-3-4-8-20-11-15-23(16-12-20)37-24-17-13-22(14-18-24)28-31-29-25(38-28)19-36-32-26(21-9-6-5-7-10-21)27-30-33-34-35(27)2/h5-7,9-18H,3-4,8,19H2,1-2H3/b32-26-. The Bertz CT molecular complexity index is 1480. The van der Waals surface area contributed by atoms with E-state index in [-0.39, 0.29) is 12.5 Å². The maximum atomic E-state index is 5.97. The number of rotatable bonds is 11. The average molecular weight is 510 g/mol. The normalized spacial score (nSPS) is 11.5. The highest BCUT2D eigenvalue weighted by Gasteiger charge is 2.15. The summed E-state index contributed by atoms with van der Waals surface area (Å²) in [5.74, 6) is 2.65. The molecule has 0 fully saturated rings. The monoisotopic (exact) mass is 509 g/mol. The quantitative estimate of drug-likeness (QED) is 0.173. The molecule has 0 unspecified atom stereocenters. The van der Waals surface area contributed by atoms with Gasteiger partial charge in [-0.3, -0.25) is 0 Å². The van der Waals surface area contributed by atoms with Crippen LogP contribution in [0, 0.1) is 0 Å². The van der Waals surface area contributed by atoms with E-state index in [1.165, 1.54) is 23.1 Å². The van der Waals surface area contributed by atoms with Crippen molar-refractivity contribution in [2.75, 3.05) is 0 Å². The largest absolute Gasteiger partial charge is 0.457 e. The van der Waals surface area contributed by atoms with Gasteiger partial charge in [-0.05, 0) is 65.2 Å².